The summed E-state index contributed by atoms with van der Waals surface area (Å²) < 4.78 is 10.1. The van der Waals surface area contributed by atoms with Gasteiger partial charge in [-0.15, -0.1) is 10.2 Å². The van der Waals surface area contributed by atoms with Crippen molar-refractivity contribution < 1.29 is 33.6 Å². The Hall–Kier alpha value is -4.72. The van der Waals surface area contributed by atoms with Crippen molar-refractivity contribution in [2.24, 2.45) is 10.2 Å². The summed E-state index contributed by atoms with van der Waals surface area (Å²) in [6, 6.07) is 5.91. The molecule has 0 saturated heterocycles. The first kappa shape index (κ1) is 29.5. The normalized spacial score (nSPS) is 10.5. The van der Waals surface area contributed by atoms with Crippen molar-refractivity contribution in [1.82, 2.24) is 0 Å². The molecule has 0 spiro atoms. The molecule has 38 heavy (non-hydrogen) atoms. The van der Waals surface area contributed by atoms with Crippen molar-refractivity contribution in [3.8, 4) is 0 Å². The Morgan fingerprint density at radius 1 is 1.05 bits per heavy atom. The van der Waals surface area contributed by atoms with Gasteiger partial charge in [0.2, 0.25) is 5.91 Å². The van der Waals surface area contributed by atoms with Crippen LogP contribution in [0.2, 0.25) is 0 Å². The third-order valence-corrected chi connectivity index (χ3v) is 5.68. The van der Waals surface area contributed by atoms with Gasteiger partial charge in [0.15, 0.2) is 10.8 Å². The Balaban J connectivity index is 2.39. The van der Waals surface area contributed by atoms with Gasteiger partial charge in [0.1, 0.15) is 18.9 Å². The largest absolute Gasteiger partial charge is 0.461 e. The van der Waals surface area contributed by atoms with E-state index >= 15 is 0 Å². The highest BCUT2D eigenvalue weighted by Gasteiger charge is 2.20. The standard InChI is InChI=1S/C24H25N5O8S/c1-5-22(32)36-11-9-28(10-12-37-23(33)6-2)17-7-8-19(20(13-17)25-16(4)31)26-27-24-18(15(3)30)14-21(38-24)29(34)35/h5-8,13-14H,1-2,9-12H2,3-4H3,(H,25,31)/b27-26+. The molecule has 0 saturated carbocycles. The van der Waals surface area contributed by atoms with E-state index in [1.54, 1.807) is 17.0 Å². The molecule has 13 nitrogen and oxygen atoms in total. The summed E-state index contributed by atoms with van der Waals surface area (Å²) in [5, 5.41) is 21.7. The van der Waals surface area contributed by atoms with E-state index < -0.39 is 28.6 Å². The predicted molar refractivity (Wildman–Crippen MR) is 140 cm³/mol. The lowest BCUT2D eigenvalue weighted by atomic mass is 10.2. The lowest BCUT2D eigenvalue weighted by Crippen LogP contribution is -2.32. The van der Waals surface area contributed by atoms with Crippen molar-refractivity contribution in [3.05, 3.63) is 65.3 Å². The number of amides is 1. The first-order chi connectivity index (χ1) is 18.0. The molecular weight excluding hydrogens is 518 g/mol. The third kappa shape index (κ3) is 8.74. The van der Waals surface area contributed by atoms with Crippen molar-refractivity contribution >= 4 is 62.0 Å². The number of nitro groups is 1. The number of thiophene rings is 1. The van der Waals surface area contributed by atoms with Crippen molar-refractivity contribution in [2.45, 2.75) is 13.8 Å². The molecular formula is C24H25N5O8S. The predicted octanol–water partition coefficient (Wildman–Crippen LogP) is 4.50. The summed E-state index contributed by atoms with van der Waals surface area (Å²) in [6.45, 7) is 9.67. The number of benzene rings is 1. The molecule has 0 atom stereocenters. The minimum absolute atomic E-state index is 0.00215. The number of ether oxygens (including phenoxy) is 2. The molecule has 1 N–H and O–H groups in total. The molecule has 0 aliphatic rings. The zero-order chi connectivity index (χ0) is 28.2. The quantitative estimate of drug-likeness (QED) is 0.0900. The average Bonchev–Trinajstić information content (AvgIpc) is 3.31. The summed E-state index contributed by atoms with van der Waals surface area (Å²) in [6.07, 6.45) is 2.06. The molecule has 200 valence electrons. The summed E-state index contributed by atoms with van der Waals surface area (Å²) in [5.41, 5.74) is 1.08. The number of anilines is 2. The van der Waals surface area contributed by atoms with Gasteiger partial charge in [-0.3, -0.25) is 19.7 Å². The Morgan fingerprint density at radius 3 is 2.16 bits per heavy atom. The summed E-state index contributed by atoms with van der Waals surface area (Å²) in [7, 11) is 0. The van der Waals surface area contributed by atoms with Crippen LogP contribution in [0, 0.1) is 10.1 Å². The van der Waals surface area contributed by atoms with E-state index in [1.807, 2.05) is 0 Å². The number of rotatable bonds is 14. The number of carbonyl (C=O) groups excluding carboxylic acids is 4. The number of carbonyl (C=O) groups is 4. The minimum atomic E-state index is -0.624. The van der Waals surface area contributed by atoms with Gasteiger partial charge in [-0.2, -0.15) is 0 Å². The summed E-state index contributed by atoms with van der Waals surface area (Å²) >= 11 is 0.697. The molecule has 0 bridgehead atoms. The molecule has 0 radical (unpaired) electrons. The van der Waals surface area contributed by atoms with E-state index in [0.717, 1.165) is 18.2 Å². The van der Waals surface area contributed by atoms with Crippen molar-refractivity contribution in [3.63, 3.8) is 0 Å². The Morgan fingerprint density at radius 2 is 1.66 bits per heavy atom. The van der Waals surface area contributed by atoms with Crippen molar-refractivity contribution in [1.29, 1.82) is 0 Å². The van der Waals surface area contributed by atoms with Gasteiger partial charge in [-0.25, -0.2) is 9.59 Å². The van der Waals surface area contributed by atoms with Gasteiger partial charge in [-0.1, -0.05) is 13.2 Å². The van der Waals surface area contributed by atoms with Gasteiger partial charge < -0.3 is 19.7 Å². The maximum absolute atomic E-state index is 11.9. The minimum Gasteiger partial charge on any atom is -0.461 e. The van der Waals surface area contributed by atoms with Crippen LogP contribution in [-0.2, 0) is 23.9 Å². The number of Topliss-reactive ketones (excluding diaryl/α,β-unsaturated/α-hetero) is 1. The second-order valence-corrected chi connectivity index (χ2v) is 8.44. The maximum Gasteiger partial charge on any atom is 0.330 e. The molecule has 0 fully saturated rings. The molecule has 1 amide bonds. The number of esters is 2. The van der Waals surface area contributed by atoms with Crippen LogP contribution >= 0.6 is 11.3 Å². The number of ketones is 1. The number of hydrogen-bond acceptors (Lipinski definition) is 12. The smallest absolute Gasteiger partial charge is 0.330 e. The van der Waals surface area contributed by atoms with Gasteiger partial charge in [-0.05, 0) is 36.5 Å². The number of azo groups is 1. The second kappa shape index (κ2) is 14.1. The van der Waals surface area contributed by atoms with Crippen LogP contribution in [0.1, 0.15) is 24.2 Å². The highest BCUT2D eigenvalue weighted by atomic mass is 32.1. The average molecular weight is 544 g/mol. The summed E-state index contributed by atoms with van der Waals surface area (Å²) in [5.74, 6) is -2.01. The Bertz CT molecular complexity index is 1260. The highest BCUT2D eigenvalue weighted by molar-refractivity contribution is 7.19. The highest BCUT2D eigenvalue weighted by Crippen LogP contribution is 2.38. The van der Waals surface area contributed by atoms with E-state index in [4.69, 9.17) is 9.47 Å². The fourth-order valence-electron chi connectivity index (χ4n) is 2.98. The Kier molecular flexibility index (Phi) is 11.0. The SMILES string of the molecule is C=CC(=O)OCCN(CCOC(=O)C=C)c1ccc(/N=N/c2sc([N+](=O)[O-])cc2C(C)=O)c(NC(C)=O)c1. The van der Waals surface area contributed by atoms with Gasteiger partial charge in [0.05, 0.1) is 29.3 Å². The third-order valence-electron chi connectivity index (χ3n) is 4.71. The van der Waals surface area contributed by atoms with Gasteiger partial charge >= 0.3 is 16.9 Å². The van der Waals surface area contributed by atoms with Crippen LogP contribution in [0.15, 0.2) is 59.8 Å². The van der Waals surface area contributed by atoms with Crippen LogP contribution in [0.4, 0.5) is 27.1 Å². The molecule has 1 aromatic heterocycles. The molecule has 1 heterocycles. The van der Waals surface area contributed by atoms with E-state index in [1.165, 1.54) is 19.9 Å². The fraction of sp³-hybridized carbons (Fsp3) is 0.250. The zero-order valence-electron chi connectivity index (χ0n) is 20.7. The van der Waals surface area contributed by atoms with E-state index in [9.17, 15) is 29.3 Å². The first-order valence-corrected chi connectivity index (χ1v) is 11.8. The monoisotopic (exact) mass is 543 g/mol. The number of hydrogen-bond donors (Lipinski definition) is 1. The van der Waals surface area contributed by atoms with Gasteiger partial charge in [0, 0.05) is 30.8 Å². The van der Waals surface area contributed by atoms with Crippen LogP contribution in [-0.4, -0.2) is 54.9 Å². The van der Waals surface area contributed by atoms with Gasteiger partial charge in [0.25, 0.3) is 0 Å². The van der Waals surface area contributed by atoms with Crippen LogP contribution in [0.5, 0.6) is 0 Å². The molecule has 1 aromatic carbocycles. The topological polar surface area (TPSA) is 170 Å². The maximum atomic E-state index is 11.9. The fourth-order valence-corrected chi connectivity index (χ4v) is 3.83. The molecule has 0 aliphatic heterocycles. The van der Waals surface area contributed by atoms with Crippen molar-refractivity contribution in [2.75, 3.05) is 36.5 Å². The van der Waals surface area contributed by atoms with Crippen LogP contribution < -0.4 is 10.2 Å². The van der Waals surface area contributed by atoms with Crippen LogP contribution in [0.25, 0.3) is 0 Å². The first-order valence-electron chi connectivity index (χ1n) is 11.0. The van der Waals surface area contributed by atoms with E-state index in [0.29, 0.717) is 17.0 Å². The lowest BCUT2D eigenvalue weighted by molar-refractivity contribution is -0.380. The molecule has 14 heteroatoms. The number of nitrogens with one attached hydrogen (secondary N) is 1. The number of nitrogens with zero attached hydrogens (tertiary/aromatic N) is 4. The molecule has 2 rings (SSSR count). The molecule has 0 unspecified atom stereocenters. The molecule has 0 aliphatic carbocycles. The summed E-state index contributed by atoms with van der Waals surface area (Å²) in [4.78, 5) is 58.8. The van der Waals surface area contributed by atoms with E-state index in [2.05, 4.69) is 28.7 Å². The Labute approximate surface area is 221 Å². The molecule has 2 aromatic rings. The lowest BCUT2D eigenvalue weighted by Gasteiger charge is -2.25. The second-order valence-electron chi connectivity index (χ2n) is 7.43. The van der Waals surface area contributed by atoms with E-state index in [-0.39, 0.29) is 53.2 Å². The zero-order valence-corrected chi connectivity index (χ0v) is 21.5. The van der Waals surface area contributed by atoms with Crippen LogP contribution in [0.3, 0.4) is 0 Å².